The van der Waals surface area contributed by atoms with Crippen LogP contribution >= 0.6 is 0 Å². The van der Waals surface area contributed by atoms with Crippen molar-refractivity contribution in [1.82, 2.24) is 24.4 Å². The molecule has 0 saturated carbocycles. The van der Waals surface area contributed by atoms with E-state index in [1.165, 1.54) is 0 Å². The SMILES string of the molecule is CN(CCCN)CCCCNc1nccc(-n2ccnc2)n1. The van der Waals surface area contributed by atoms with Crippen LogP contribution in [0.15, 0.2) is 31.0 Å². The molecule has 0 atom stereocenters. The molecule has 0 aliphatic rings. The first-order chi connectivity index (χ1) is 10.8. The van der Waals surface area contributed by atoms with E-state index in [-0.39, 0.29) is 0 Å². The molecule has 7 heteroatoms. The first kappa shape index (κ1) is 16.4. The molecule has 2 rings (SSSR count). The molecular weight excluding hydrogens is 278 g/mol. The first-order valence-electron chi connectivity index (χ1n) is 7.73. The topological polar surface area (TPSA) is 84.9 Å². The van der Waals surface area contributed by atoms with Crippen LogP contribution in [-0.2, 0) is 0 Å². The molecule has 0 fully saturated rings. The number of imidazole rings is 1. The summed E-state index contributed by atoms with van der Waals surface area (Å²) in [4.78, 5) is 15.1. The Bertz CT molecular complexity index is 526. The zero-order chi connectivity index (χ0) is 15.6. The predicted molar refractivity (Wildman–Crippen MR) is 88.0 cm³/mol. The third-order valence-corrected chi connectivity index (χ3v) is 3.40. The molecule has 120 valence electrons. The van der Waals surface area contributed by atoms with Crippen molar-refractivity contribution < 1.29 is 0 Å². The molecule has 0 spiro atoms. The van der Waals surface area contributed by atoms with Gasteiger partial charge in [0.25, 0.3) is 0 Å². The second-order valence-corrected chi connectivity index (χ2v) is 5.29. The molecule has 0 aliphatic heterocycles. The molecule has 0 saturated heterocycles. The fourth-order valence-corrected chi connectivity index (χ4v) is 2.15. The van der Waals surface area contributed by atoms with Crippen molar-refractivity contribution in [3.8, 4) is 5.82 Å². The van der Waals surface area contributed by atoms with E-state index in [0.29, 0.717) is 5.95 Å². The van der Waals surface area contributed by atoms with Crippen molar-refractivity contribution in [1.29, 1.82) is 0 Å². The highest BCUT2D eigenvalue weighted by molar-refractivity contribution is 5.31. The first-order valence-corrected chi connectivity index (χ1v) is 7.73. The summed E-state index contributed by atoms with van der Waals surface area (Å²) in [6.45, 7) is 3.80. The van der Waals surface area contributed by atoms with E-state index in [1.807, 2.05) is 16.8 Å². The Kier molecular flexibility index (Phi) is 6.79. The van der Waals surface area contributed by atoms with Gasteiger partial charge in [0.05, 0.1) is 0 Å². The van der Waals surface area contributed by atoms with Gasteiger partial charge < -0.3 is 16.0 Å². The van der Waals surface area contributed by atoms with E-state index < -0.39 is 0 Å². The minimum absolute atomic E-state index is 0.655. The lowest BCUT2D eigenvalue weighted by Gasteiger charge is -2.15. The number of rotatable bonds is 10. The number of nitrogens with one attached hydrogen (secondary N) is 1. The van der Waals surface area contributed by atoms with E-state index in [0.717, 1.165) is 51.3 Å². The third-order valence-electron chi connectivity index (χ3n) is 3.40. The van der Waals surface area contributed by atoms with Crippen LogP contribution in [0, 0.1) is 0 Å². The molecule has 0 radical (unpaired) electrons. The Balaban J connectivity index is 1.68. The summed E-state index contributed by atoms with van der Waals surface area (Å²) >= 11 is 0. The highest BCUT2D eigenvalue weighted by atomic mass is 15.2. The summed E-state index contributed by atoms with van der Waals surface area (Å²) in [7, 11) is 2.14. The van der Waals surface area contributed by atoms with Crippen LogP contribution in [0.4, 0.5) is 5.95 Å². The average Bonchev–Trinajstić information content (AvgIpc) is 3.07. The summed E-state index contributed by atoms with van der Waals surface area (Å²) in [5, 5.41) is 3.27. The van der Waals surface area contributed by atoms with Crippen LogP contribution in [0.1, 0.15) is 19.3 Å². The third kappa shape index (κ3) is 5.42. The molecule has 0 unspecified atom stereocenters. The summed E-state index contributed by atoms with van der Waals surface area (Å²) in [5.41, 5.74) is 5.51. The van der Waals surface area contributed by atoms with Gasteiger partial charge in [-0.2, -0.15) is 4.98 Å². The Morgan fingerprint density at radius 2 is 2.09 bits per heavy atom. The van der Waals surface area contributed by atoms with Crippen molar-refractivity contribution in [2.75, 3.05) is 38.5 Å². The average molecular weight is 303 g/mol. The molecule has 0 amide bonds. The second-order valence-electron chi connectivity index (χ2n) is 5.29. The predicted octanol–water partition coefficient (Wildman–Crippen LogP) is 1.13. The van der Waals surface area contributed by atoms with E-state index in [1.54, 1.807) is 18.7 Å². The second kappa shape index (κ2) is 9.11. The zero-order valence-corrected chi connectivity index (χ0v) is 13.1. The van der Waals surface area contributed by atoms with Crippen LogP contribution in [0.25, 0.3) is 5.82 Å². The van der Waals surface area contributed by atoms with Crippen LogP contribution in [-0.4, -0.2) is 57.6 Å². The van der Waals surface area contributed by atoms with Gasteiger partial charge in [0.1, 0.15) is 12.1 Å². The summed E-state index contributed by atoms with van der Waals surface area (Å²) in [5.74, 6) is 1.47. The maximum Gasteiger partial charge on any atom is 0.224 e. The van der Waals surface area contributed by atoms with Gasteiger partial charge in [-0.1, -0.05) is 0 Å². The van der Waals surface area contributed by atoms with E-state index in [4.69, 9.17) is 5.73 Å². The monoisotopic (exact) mass is 303 g/mol. The van der Waals surface area contributed by atoms with E-state index in [2.05, 4.69) is 32.2 Å². The Morgan fingerprint density at radius 1 is 1.23 bits per heavy atom. The van der Waals surface area contributed by atoms with Crippen molar-refractivity contribution in [3.05, 3.63) is 31.0 Å². The van der Waals surface area contributed by atoms with Gasteiger partial charge in [-0.25, -0.2) is 9.97 Å². The van der Waals surface area contributed by atoms with Crippen molar-refractivity contribution in [2.24, 2.45) is 5.73 Å². The van der Waals surface area contributed by atoms with Gasteiger partial charge in [-0.05, 0) is 52.0 Å². The fraction of sp³-hybridized carbons (Fsp3) is 0.533. The van der Waals surface area contributed by atoms with Crippen LogP contribution < -0.4 is 11.1 Å². The summed E-state index contributed by atoms with van der Waals surface area (Å²) < 4.78 is 1.86. The normalized spacial score (nSPS) is 11.0. The van der Waals surface area contributed by atoms with Gasteiger partial charge in [0.15, 0.2) is 0 Å². The number of anilines is 1. The van der Waals surface area contributed by atoms with Gasteiger partial charge in [0.2, 0.25) is 5.95 Å². The molecule has 2 aromatic rings. The minimum Gasteiger partial charge on any atom is -0.354 e. The molecule has 2 aromatic heterocycles. The number of hydrogen-bond acceptors (Lipinski definition) is 6. The zero-order valence-electron chi connectivity index (χ0n) is 13.1. The molecule has 0 aliphatic carbocycles. The molecule has 22 heavy (non-hydrogen) atoms. The Morgan fingerprint density at radius 3 is 2.86 bits per heavy atom. The molecule has 0 bridgehead atoms. The van der Waals surface area contributed by atoms with Crippen molar-refractivity contribution >= 4 is 5.95 Å². The quantitative estimate of drug-likeness (QED) is 0.640. The fourth-order valence-electron chi connectivity index (χ4n) is 2.15. The Hall–Kier alpha value is -1.99. The lowest BCUT2D eigenvalue weighted by Crippen LogP contribution is -2.23. The number of nitrogens with zero attached hydrogens (tertiary/aromatic N) is 5. The highest BCUT2D eigenvalue weighted by Crippen LogP contribution is 2.06. The molecular formula is C15H25N7. The molecule has 0 aromatic carbocycles. The largest absolute Gasteiger partial charge is 0.354 e. The van der Waals surface area contributed by atoms with E-state index >= 15 is 0 Å². The molecule has 2 heterocycles. The number of nitrogens with two attached hydrogens (primary N) is 1. The van der Waals surface area contributed by atoms with Crippen molar-refractivity contribution in [2.45, 2.75) is 19.3 Å². The van der Waals surface area contributed by atoms with Crippen LogP contribution in [0.3, 0.4) is 0 Å². The lowest BCUT2D eigenvalue weighted by atomic mass is 10.3. The standard InChI is InChI=1S/C15H25N7/c1-21(11-4-6-16)10-3-2-7-18-15-19-8-5-14(20-15)22-12-9-17-13-22/h5,8-9,12-13H,2-4,6-7,10-11,16H2,1H3,(H,18,19,20). The van der Waals surface area contributed by atoms with Gasteiger partial charge in [0, 0.05) is 25.1 Å². The van der Waals surface area contributed by atoms with Crippen LogP contribution in [0.2, 0.25) is 0 Å². The van der Waals surface area contributed by atoms with Gasteiger partial charge in [-0.15, -0.1) is 0 Å². The molecule has 3 N–H and O–H groups in total. The van der Waals surface area contributed by atoms with Gasteiger partial charge >= 0.3 is 0 Å². The number of aromatic nitrogens is 4. The maximum absolute atomic E-state index is 5.51. The van der Waals surface area contributed by atoms with E-state index in [9.17, 15) is 0 Å². The molecule has 7 nitrogen and oxygen atoms in total. The highest BCUT2D eigenvalue weighted by Gasteiger charge is 2.01. The minimum atomic E-state index is 0.655. The smallest absolute Gasteiger partial charge is 0.224 e. The van der Waals surface area contributed by atoms with Crippen LogP contribution in [0.5, 0.6) is 0 Å². The Labute approximate surface area is 131 Å². The van der Waals surface area contributed by atoms with Crippen molar-refractivity contribution in [3.63, 3.8) is 0 Å². The van der Waals surface area contributed by atoms with Gasteiger partial charge in [-0.3, -0.25) is 4.57 Å². The number of unbranched alkanes of at least 4 members (excludes halogenated alkanes) is 1. The maximum atomic E-state index is 5.51. The lowest BCUT2D eigenvalue weighted by molar-refractivity contribution is 0.325. The number of hydrogen-bond donors (Lipinski definition) is 2. The summed E-state index contributed by atoms with van der Waals surface area (Å²) in [6, 6.07) is 1.86. The summed E-state index contributed by atoms with van der Waals surface area (Å²) in [6.07, 6.45) is 10.4.